The van der Waals surface area contributed by atoms with Crippen LogP contribution in [-0.4, -0.2) is 9.97 Å². The number of nitrogens with zero attached hydrogens (tertiary/aromatic N) is 2. The van der Waals surface area contributed by atoms with Gasteiger partial charge >= 0.3 is 0 Å². The second-order valence-electron chi connectivity index (χ2n) is 12.5. The Morgan fingerprint density at radius 1 is 0.417 bits per heavy atom. The van der Waals surface area contributed by atoms with Crippen molar-refractivity contribution in [2.24, 2.45) is 0 Å². The highest BCUT2D eigenvalue weighted by Crippen LogP contribution is 2.63. The number of rotatable bonds is 3. The van der Waals surface area contributed by atoms with E-state index in [0.717, 1.165) is 55.9 Å². The molecule has 1 spiro atoms. The van der Waals surface area contributed by atoms with Crippen molar-refractivity contribution in [3.05, 3.63) is 192 Å². The van der Waals surface area contributed by atoms with Gasteiger partial charge in [0.25, 0.3) is 0 Å². The summed E-state index contributed by atoms with van der Waals surface area (Å²) in [5.74, 6) is 2.45. The summed E-state index contributed by atoms with van der Waals surface area (Å²) in [7, 11) is 0. The van der Waals surface area contributed by atoms with E-state index in [-0.39, 0.29) is 0 Å². The topological polar surface area (TPSA) is 35.0 Å². The second-order valence-corrected chi connectivity index (χ2v) is 12.5. The molecule has 7 aromatic carbocycles. The molecule has 0 atom stereocenters. The lowest BCUT2D eigenvalue weighted by Gasteiger charge is -2.40. The highest BCUT2D eigenvalue weighted by atomic mass is 16.5. The fourth-order valence-corrected chi connectivity index (χ4v) is 7.95. The molecule has 0 amide bonds. The van der Waals surface area contributed by atoms with Crippen LogP contribution in [0.15, 0.2) is 170 Å². The minimum absolute atomic E-state index is 0.503. The molecule has 3 nitrogen and oxygen atoms in total. The number of ether oxygens (including phenoxy) is 1. The molecule has 10 rings (SSSR count). The molecule has 0 saturated heterocycles. The first-order valence-electron chi connectivity index (χ1n) is 16.3. The van der Waals surface area contributed by atoms with E-state index in [1.165, 1.54) is 27.8 Å². The maximum atomic E-state index is 6.93. The predicted molar refractivity (Wildman–Crippen MR) is 193 cm³/mol. The number of benzene rings is 7. The second kappa shape index (κ2) is 10.3. The highest BCUT2D eigenvalue weighted by Gasteiger charge is 2.51. The molecule has 2 aliphatic rings. The van der Waals surface area contributed by atoms with Gasteiger partial charge in [-0.3, -0.25) is 0 Å². The normalized spacial score (nSPS) is 13.3. The van der Waals surface area contributed by atoms with Gasteiger partial charge in [0.15, 0.2) is 5.82 Å². The van der Waals surface area contributed by atoms with Gasteiger partial charge in [0, 0.05) is 33.2 Å². The van der Waals surface area contributed by atoms with Crippen molar-refractivity contribution >= 4 is 10.9 Å². The Balaban J connectivity index is 1.19. The van der Waals surface area contributed by atoms with E-state index in [2.05, 4.69) is 152 Å². The molecule has 0 bridgehead atoms. The fraction of sp³-hybridized carbons (Fsp3) is 0.0222. The van der Waals surface area contributed by atoms with Crippen LogP contribution in [0.1, 0.15) is 22.3 Å². The van der Waals surface area contributed by atoms with Crippen molar-refractivity contribution in [1.82, 2.24) is 9.97 Å². The van der Waals surface area contributed by atoms with Crippen LogP contribution in [0.4, 0.5) is 0 Å². The van der Waals surface area contributed by atoms with Gasteiger partial charge in [-0.1, -0.05) is 152 Å². The van der Waals surface area contributed by atoms with Gasteiger partial charge in [0.2, 0.25) is 0 Å². The predicted octanol–water partition coefficient (Wildman–Crippen LogP) is 11.1. The van der Waals surface area contributed by atoms with Crippen LogP contribution in [0.3, 0.4) is 0 Å². The number of para-hydroxylation sites is 3. The first-order chi connectivity index (χ1) is 23.8. The first kappa shape index (κ1) is 26.9. The molecule has 48 heavy (non-hydrogen) atoms. The van der Waals surface area contributed by atoms with Gasteiger partial charge in [-0.05, 0) is 46.0 Å². The maximum absolute atomic E-state index is 6.93. The van der Waals surface area contributed by atoms with Crippen LogP contribution in [0.25, 0.3) is 55.8 Å². The Labute approximate surface area is 278 Å². The average molecular weight is 613 g/mol. The Morgan fingerprint density at radius 2 is 1.00 bits per heavy atom. The standard InChI is InChI=1S/C45H28N2O/c1-2-14-29(15-3-1)42-35-20-6-10-26-40(35)46-44(47-42)31-17-12-16-30(28-31)32-21-13-25-39-43(32)48-41-27-11-9-24-38(41)45(39)36-22-7-4-18-33(36)34-19-5-8-23-37(34)45/h1-28H. The van der Waals surface area contributed by atoms with Crippen molar-refractivity contribution in [1.29, 1.82) is 0 Å². The summed E-state index contributed by atoms with van der Waals surface area (Å²) in [6.45, 7) is 0. The first-order valence-corrected chi connectivity index (χ1v) is 16.3. The molecule has 8 aromatic rings. The molecule has 1 aliphatic heterocycles. The smallest absolute Gasteiger partial charge is 0.160 e. The third kappa shape index (κ3) is 3.76. The van der Waals surface area contributed by atoms with Crippen LogP contribution in [0.5, 0.6) is 11.5 Å². The van der Waals surface area contributed by atoms with E-state index >= 15 is 0 Å². The summed E-state index contributed by atoms with van der Waals surface area (Å²) in [5, 5.41) is 1.04. The van der Waals surface area contributed by atoms with Gasteiger partial charge in [-0.2, -0.15) is 0 Å². The van der Waals surface area contributed by atoms with Gasteiger partial charge in [-0.15, -0.1) is 0 Å². The van der Waals surface area contributed by atoms with Crippen LogP contribution >= 0.6 is 0 Å². The molecule has 0 saturated carbocycles. The Morgan fingerprint density at radius 3 is 1.81 bits per heavy atom. The summed E-state index contributed by atoms with van der Waals surface area (Å²) in [4.78, 5) is 10.2. The minimum atomic E-state index is -0.503. The van der Waals surface area contributed by atoms with E-state index in [1.54, 1.807) is 0 Å². The number of hydrogen-bond donors (Lipinski definition) is 0. The summed E-state index contributed by atoms with van der Waals surface area (Å²) < 4.78 is 6.93. The number of aromatic nitrogens is 2. The minimum Gasteiger partial charge on any atom is -0.456 e. The lowest BCUT2D eigenvalue weighted by Crippen LogP contribution is -2.32. The molecule has 0 N–H and O–H groups in total. The molecule has 2 heterocycles. The Bertz CT molecular complexity index is 2510. The summed E-state index contributed by atoms with van der Waals surface area (Å²) >= 11 is 0. The quantitative estimate of drug-likeness (QED) is 0.199. The lowest BCUT2D eigenvalue weighted by molar-refractivity contribution is 0.438. The van der Waals surface area contributed by atoms with Gasteiger partial charge < -0.3 is 4.74 Å². The fourth-order valence-electron chi connectivity index (χ4n) is 7.95. The monoisotopic (exact) mass is 612 g/mol. The van der Waals surface area contributed by atoms with Crippen molar-refractivity contribution in [2.45, 2.75) is 5.41 Å². The molecular formula is C45H28N2O. The largest absolute Gasteiger partial charge is 0.456 e. The molecular weight excluding hydrogens is 585 g/mol. The summed E-state index contributed by atoms with van der Waals surface area (Å²) in [6.07, 6.45) is 0. The van der Waals surface area contributed by atoms with Crippen LogP contribution in [0.2, 0.25) is 0 Å². The number of hydrogen-bond acceptors (Lipinski definition) is 3. The van der Waals surface area contributed by atoms with Gasteiger partial charge in [0.05, 0.1) is 16.6 Å². The highest BCUT2D eigenvalue weighted by molar-refractivity contribution is 5.94. The molecule has 0 radical (unpaired) electrons. The number of fused-ring (bicyclic) bond motifs is 10. The van der Waals surface area contributed by atoms with Crippen LogP contribution < -0.4 is 4.74 Å². The zero-order valence-electron chi connectivity index (χ0n) is 26.0. The Kier molecular flexibility index (Phi) is 5.79. The summed E-state index contributed by atoms with van der Waals surface area (Å²) in [6, 6.07) is 59.9. The van der Waals surface area contributed by atoms with Gasteiger partial charge in [0.1, 0.15) is 11.5 Å². The SMILES string of the molecule is c1ccc(-c2nc(-c3cccc(-c4cccc5c4Oc4ccccc4C54c5ccccc5-c5ccccc54)c3)nc3ccccc23)cc1. The third-order valence-corrected chi connectivity index (χ3v) is 9.96. The molecule has 224 valence electrons. The van der Waals surface area contributed by atoms with E-state index in [9.17, 15) is 0 Å². The van der Waals surface area contributed by atoms with E-state index in [1.807, 2.05) is 18.2 Å². The molecule has 1 aromatic heterocycles. The van der Waals surface area contributed by atoms with Crippen molar-refractivity contribution in [2.75, 3.05) is 0 Å². The average Bonchev–Trinajstić information content (AvgIpc) is 3.45. The van der Waals surface area contributed by atoms with E-state index in [0.29, 0.717) is 5.82 Å². The van der Waals surface area contributed by atoms with Gasteiger partial charge in [-0.25, -0.2) is 9.97 Å². The zero-order chi connectivity index (χ0) is 31.7. The molecule has 0 fully saturated rings. The van der Waals surface area contributed by atoms with Crippen LogP contribution in [0, 0.1) is 0 Å². The van der Waals surface area contributed by atoms with E-state index in [4.69, 9.17) is 14.7 Å². The Hall–Kier alpha value is -6.32. The zero-order valence-corrected chi connectivity index (χ0v) is 26.0. The molecule has 1 aliphatic carbocycles. The third-order valence-electron chi connectivity index (χ3n) is 9.96. The van der Waals surface area contributed by atoms with E-state index < -0.39 is 5.41 Å². The molecule has 0 unspecified atom stereocenters. The maximum Gasteiger partial charge on any atom is 0.160 e. The van der Waals surface area contributed by atoms with Crippen molar-refractivity contribution in [3.63, 3.8) is 0 Å². The van der Waals surface area contributed by atoms with Crippen LogP contribution in [-0.2, 0) is 5.41 Å². The van der Waals surface area contributed by atoms with Crippen molar-refractivity contribution < 1.29 is 4.74 Å². The molecule has 3 heteroatoms. The van der Waals surface area contributed by atoms with Crippen molar-refractivity contribution in [3.8, 4) is 56.4 Å². The summed E-state index contributed by atoms with van der Waals surface area (Å²) in [5.41, 5.74) is 12.9. The lowest BCUT2D eigenvalue weighted by atomic mass is 9.65.